The van der Waals surface area contributed by atoms with Crippen molar-refractivity contribution in [3.63, 3.8) is 0 Å². The van der Waals surface area contributed by atoms with Gasteiger partial charge in [-0.2, -0.15) is 0 Å². The lowest BCUT2D eigenvalue weighted by atomic mass is 9.97. The van der Waals surface area contributed by atoms with Crippen LogP contribution in [0.2, 0.25) is 0 Å². The predicted octanol–water partition coefficient (Wildman–Crippen LogP) is 5.83. The molecule has 0 spiro atoms. The van der Waals surface area contributed by atoms with Crippen LogP contribution in [-0.4, -0.2) is 12.6 Å². The van der Waals surface area contributed by atoms with Crippen molar-refractivity contribution in [2.75, 3.05) is 6.54 Å². The first kappa shape index (κ1) is 17.0. The predicted molar refractivity (Wildman–Crippen MR) is 86.7 cm³/mol. The topological polar surface area (TPSA) is 12.0 Å². The van der Waals surface area contributed by atoms with Crippen LogP contribution in [-0.2, 0) is 0 Å². The summed E-state index contributed by atoms with van der Waals surface area (Å²) in [6.45, 7) is 3.55. The quantitative estimate of drug-likeness (QED) is 0.546. The average Bonchev–Trinajstić information content (AvgIpc) is 2.44. The SMILES string of the molecule is CCCCCCCCNC1CCCCCCCCC1. The zero-order chi connectivity index (χ0) is 13.6. The number of hydrogen-bond donors (Lipinski definition) is 1. The van der Waals surface area contributed by atoms with Gasteiger partial charge in [0.25, 0.3) is 0 Å². The van der Waals surface area contributed by atoms with Crippen molar-refractivity contribution >= 4 is 0 Å². The third-order valence-corrected chi connectivity index (χ3v) is 4.57. The van der Waals surface area contributed by atoms with E-state index in [1.807, 2.05) is 0 Å². The van der Waals surface area contributed by atoms with Crippen LogP contribution in [0.1, 0.15) is 103 Å². The van der Waals surface area contributed by atoms with E-state index >= 15 is 0 Å². The zero-order valence-corrected chi connectivity index (χ0v) is 13.4. The highest BCUT2D eigenvalue weighted by Gasteiger charge is 2.08. The molecule has 0 aliphatic heterocycles. The maximum Gasteiger partial charge on any atom is 0.00670 e. The summed E-state index contributed by atoms with van der Waals surface area (Å²) in [6.07, 6.45) is 21.6. The lowest BCUT2D eigenvalue weighted by Gasteiger charge is -2.20. The summed E-state index contributed by atoms with van der Waals surface area (Å²) in [6, 6.07) is 0.828. The molecule has 1 N–H and O–H groups in total. The van der Waals surface area contributed by atoms with E-state index in [1.54, 1.807) is 0 Å². The molecule has 0 aromatic rings. The van der Waals surface area contributed by atoms with E-state index in [0.29, 0.717) is 0 Å². The molecule has 19 heavy (non-hydrogen) atoms. The molecule has 0 radical (unpaired) electrons. The van der Waals surface area contributed by atoms with E-state index in [2.05, 4.69) is 12.2 Å². The van der Waals surface area contributed by atoms with Gasteiger partial charge >= 0.3 is 0 Å². The third-order valence-electron chi connectivity index (χ3n) is 4.57. The summed E-state index contributed by atoms with van der Waals surface area (Å²) in [5.74, 6) is 0. The molecule has 1 heteroatoms. The maximum atomic E-state index is 3.83. The molecule has 1 aliphatic rings. The summed E-state index contributed by atoms with van der Waals surface area (Å²) in [4.78, 5) is 0. The van der Waals surface area contributed by atoms with E-state index in [1.165, 1.54) is 103 Å². The Kier molecular flexibility index (Phi) is 11.6. The van der Waals surface area contributed by atoms with Gasteiger partial charge in [-0.1, -0.05) is 84.0 Å². The minimum Gasteiger partial charge on any atom is -0.314 e. The van der Waals surface area contributed by atoms with Crippen LogP contribution in [0.5, 0.6) is 0 Å². The lowest BCUT2D eigenvalue weighted by molar-refractivity contribution is 0.394. The molecule has 0 unspecified atom stereocenters. The van der Waals surface area contributed by atoms with Crippen LogP contribution in [0, 0.1) is 0 Å². The van der Waals surface area contributed by atoms with E-state index in [4.69, 9.17) is 0 Å². The molecule has 1 aliphatic carbocycles. The van der Waals surface area contributed by atoms with Crippen molar-refractivity contribution in [1.82, 2.24) is 5.32 Å². The Morgan fingerprint density at radius 1 is 0.684 bits per heavy atom. The number of unbranched alkanes of at least 4 members (excludes halogenated alkanes) is 5. The first-order valence-corrected chi connectivity index (χ1v) is 9.17. The Bertz CT molecular complexity index is 169. The van der Waals surface area contributed by atoms with Gasteiger partial charge in [-0.25, -0.2) is 0 Å². The molecule has 0 atom stereocenters. The molecule has 1 nitrogen and oxygen atoms in total. The first-order chi connectivity index (χ1) is 9.43. The fraction of sp³-hybridized carbons (Fsp3) is 1.00. The van der Waals surface area contributed by atoms with Gasteiger partial charge in [0.15, 0.2) is 0 Å². The third kappa shape index (κ3) is 10.4. The van der Waals surface area contributed by atoms with Gasteiger partial charge in [0.05, 0.1) is 0 Å². The molecule has 0 heterocycles. The van der Waals surface area contributed by atoms with Gasteiger partial charge in [0.1, 0.15) is 0 Å². The highest BCUT2D eigenvalue weighted by atomic mass is 14.9. The fourth-order valence-corrected chi connectivity index (χ4v) is 3.23. The van der Waals surface area contributed by atoms with Crippen molar-refractivity contribution in [2.24, 2.45) is 0 Å². The van der Waals surface area contributed by atoms with Gasteiger partial charge in [0.2, 0.25) is 0 Å². The van der Waals surface area contributed by atoms with Crippen LogP contribution in [0.15, 0.2) is 0 Å². The minimum atomic E-state index is 0.828. The number of hydrogen-bond acceptors (Lipinski definition) is 1. The van der Waals surface area contributed by atoms with Crippen LogP contribution in [0.4, 0.5) is 0 Å². The molecule has 0 bridgehead atoms. The van der Waals surface area contributed by atoms with Crippen LogP contribution < -0.4 is 5.32 Å². The van der Waals surface area contributed by atoms with Gasteiger partial charge in [-0.3, -0.25) is 0 Å². The fourth-order valence-electron chi connectivity index (χ4n) is 3.23. The van der Waals surface area contributed by atoms with Gasteiger partial charge in [0, 0.05) is 6.04 Å². The first-order valence-electron chi connectivity index (χ1n) is 9.17. The second-order valence-corrected chi connectivity index (χ2v) is 6.47. The second-order valence-electron chi connectivity index (χ2n) is 6.47. The summed E-state index contributed by atoms with van der Waals surface area (Å²) < 4.78 is 0. The lowest BCUT2D eigenvalue weighted by Crippen LogP contribution is -2.30. The zero-order valence-electron chi connectivity index (χ0n) is 13.4. The average molecular weight is 268 g/mol. The Balaban J connectivity index is 1.98. The molecule has 0 aromatic carbocycles. The van der Waals surface area contributed by atoms with Crippen molar-refractivity contribution in [3.8, 4) is 0 Å². The molecular weight excluding hydrogens is 230 g/mol. The number of nitrogens with one attached hydrogen (secondary N) is 1. The van der Waals surface area contributed by atoms with Crippen LogP contribution in [0.3, 0.4) is 0 Å². The maximum absolute atomic E-state index is 3.83. The monoisotopic (exact) mass is 267 g/mol. The highest BCUT2D eigenvalue weighted by Crippen LogP contribution is 2.17. The summed E-state index contributed by atoms with van der Waals surface area (Å²) in [7, 11) is 0. The molecule has 0 saturated heterocycles. The molecule has 0 amide bonds. The second kappa shape index (κ2) is 13.0. The van der Waals surface area contributed by atoms with Crippen molar-refractivity contribution in [1.29, 1.82) is 0 Å². The van der Waals surface area contributed by atoms with E-state index in [-0.39, 0.29) is 0 Å². The Labute approximate surface area is 121 Å². The smallest absolute Gasteiger partial charge is 0.00670 e. The van der Waals surface area contributed by atoms with E-state index in [0.717, 1.165) is 6.04 Å². The van der Waals surface area contributed by atoms with Gasteiger partial charge in [-0.05, 0) is 25.8 Å². The molecule has 1 rings (SSSR count). The van der Waals surface area contributed by atoms with E-state index in [9.17, 15) is 0 Å². The molecule has 114 valence electrons. The normalized spacial score (nSPS) is 19.4. The standard InChI is InChI=1S/C18H37N/c1-2-3-4-5-11-14-17-19-18-15-12-9-7-6-8-10-13-16-18/h18-19H,2-17H2,1H3. The molecule has 0 aromatic heterocycles. The number of rotatable bonds is 8. The summed E-state index contributed by atoms with van der Waals surface area (Å²) in [5, 5.41) is 3.83. The minimum absolute atomic E-state index is 0.828. The van der Waals surface area contributed by atoms with Crippen molar-refractivity contribution in [3.05, 3.63) is 0 Å². The van der Waals surface area contributed by atoms with Crippen molar-refractivity contribution in [2.45, 2.75) is 109 Å². The Morgan fingerprint density at radius 3 is 1.84 bits per heavy atom. The van der Waals surface area contributed by atoms with Crippen LogP contribution >= 0.6 is 0 Å². The summed E-state index contributed by atoms with van der Waals surface area (Å²) in [5.41, 5.74) is 0. The van der Waals surface area contributed by atoms with Crippen LogP contribution in [0.25, 0.3) is 0 Å². The Morgan fingerprint density at radius 2 is 1.21 bits per heavy atom. The molecule has 1 fully saturated rings. The van der Waals surface area contributed by atoms with Gasteiger partial charge in [-0.15, -0.1) is 0 Å². The Hall–Kier alpha value is -0.0400. The summed E-state index contributed by atoms with van der Waals surface area (Å²) >= 11 is 0. The highest BCUT2D eigenvalue weighted by molar-refractivity contribution is 4.68. The largest absolute Gasteiger partial charge is 0.314 e. The molecular formula is C18H37N. The van der Waals surface area contributed by atoms with Gasteiger partial charge < -0.3 is 5.32 Å². The molecule has 1 saturated carbocycles. The van der Waals surface area contributed by atoms with E-state index < -0.39 is 0 Å². The van der Waals surface area contributed by atoms with Crippen molar-refractivity contribution < 1.29 is 0 Å².